The number of rotatable bonds is 11. The minimum atomic E-state index is -0.0876. The second-order valence-electron chi connectivity index (χ2n) is 18.5. The van der Waals surface area contributed by atoms with E-state index >= 15 is 0 Å². The van der Waals surface area contributed by atoms with Gasteiger partial charge < -0.3 is 23.9 Å². The molecule has 5 nitrogen and oxygen atoms in total. The monoisotopic (exact) mass is 927 g/mol. The number of furan rings is 1. The Hall–Kier alpha value is -9.32. The summed E-state index contributed by atoms with van der Waals surface area (Å²) >= 11 is 0. The van der Waals surface area contributed by atoms with Crippen LogP contribution in [-0.2, 0) is 0 Å². The van der Waals surface area contributed by atoms with Crippen molar-refractivity contribution in [2.24, 2.45) is 0 Å². The van der Waals surface area contributed by atoms with E-state index in [0.717, 1.165) is 96.4 Å². The van der Waals surface area contributed by atoms with Crippen LogP contribution >= 0.6 is 0 Å². The summed E-state index contributed by atoms with van der Waals surface area (Å²) < 4.78 is 13.4. The third kappa shape index (κ3) is 7.78. The van der Waals surface area contributed by atoms with Crippen LogP contribution in [0.1, 0.15) is 17.5 Å². The second-order valence-corrected chi connectivity index (χ2v) is 18.5. The van der Waals surface area contributed by atoms with E-state index in [4.69, 9.17) is 9.15 Å². The Morgan fingerprint density at radius 1 is 0.403 bits per heavy atom. The van der Waals surface area contributed by atoms with Gasteiger partial charge in [0.2, 0.25) is 0 Å². The molecule has 0 bridgehead atoms. The molecule has 1 aromatic heterocycles. The molecule has 11 aromatic rings. The highest BCUT2D eigenvalue weighted by Crippen LogP contribution is 2.48. The van der Waals surface area contributed by atoms with Crippen molar-refractivity contribution in [3.63, 3.8) is 0 Å². The predicted molar refractivity (Wildman–Crippen MR) is 299 cm³/mol. The van der Waals surface area contributed by atoms with Crippen LogP contribution in [0.5, 0.6) is 5.75 Å². The van der Waals surface area contributed by atoms with Gasteiger partial charge in [-0.15, -0.1) is 0 Å². The van der Waals surface area contributed by atoms with Crippen LogP contribution < -0.4 is 19.4 Å². The first-order chi connectivity index (χ1) is 35.6. The molecule has 1 aliphatic heterocycles. The molecule has 0 saturated heterocycles. The Morgan fingerprint density at radius 3 is 1.46 bits per heavy atom. The number of anilines is 8. The van der Waals surface area contributed by atoms with E-state index in [1.807, 2.05) is 0 Å². The molecule has 0 saturated carbocycles. The van der Waals surface area contributed by atoms with Gasteiger partial charge in [0.05, 0.1) is 0 Å². The standard InChI is InChI=1S/C67H49N3O2/c1-46-62(70(53-25-15-6-16-26-53)55-33-29-50(30-34-55)48-19-9-3-10-20-48)38-42-66-67(46)61-45-58(37-41-65(61)72-66)69(52-23-13-5-14-24-52)57-36-40-64-60(44-57)59-43-56(35-39-63(59)71-64)68(51-21-11-4-12-22-51)54-31-27-49(28-32-54)47-17-7-2-8-18-47/h2-39,41-45,64H,40H2,1H3. The van der Waals surface area contributed by atoms with E-state index in [1.165, 1.54) is 27.8 Å². The molecule has 1 aliphatic carbocycles. The number of aryl methyl sites for hydroxylation is 1. The Labute approximate surface area is 420 Å². The first-order valence-corrected chi connectivity index (χ1v) is 24.7. The van der Waals surface area contributed by atoms with E-state index in [0.29, 0.717) is 0 Å². The maximum absolute atomic E-state index is 6.72. The largest absolute Gasteiger partial charge is 0.485 e. The maximum Gasteiger partial charge on any atom is 0.135 e. The smallest absolute Gasteiger partial charge is 0.135 e. The number of ether oxygens (including phenoxy) is 1. The molecule has 0 radical (unpaired) electrons. The van der Waals surface area contributed by atoms with Crippen molar-refractivity contribution >= 4 is 73.0 Å². The summed E-state index contributed by atoms with van der Waals surface area (Å²) in [4.78, 5) is 7.06. The van der Waals surface area contributed by atoms with E-state index in [2.05, 4.69) is 282 Å². The topological polar surface area (TPSA) is 32.1 Å². The van der Waals surface area contributed by atoms with Crippen molar-refractivity contribution < 1.29 is 9.15 Å². The van der Waals surface area contributed by atoms with Crippen LogP contribution in [-0.4, -0.2) is 6.10 Å². The summed E-state index contributed by atoms with van der Waals surface area (Å²) in [6.45, 7) is 2.22. The van der Waals surface area contributed by atoms with Crippen LogP contribution in [0.4, 0.5) is 45.5 Å². The molecule has 0 fully saturated rings. The van der Waals surface area contributed by atoms with Gasteiger partial charge in [-0.3, -0.25) is 0 Å². The molecule has 10 aromatic carbocycles. The van der Waals surface area contributed by atoms with Crippen molar-refractivity contribution in [3.8, 4) is 28.0 Å². The number of fused-ring (bicyclic) bond motifs is 6. The molecular weight excluding hydrogens is 879 g/mol. The average molecular weight is 928 g/mol. The molecule has 13 rings (SSSR count). The van der Waals surface area contributed by atoms with Crippen molar-refractivity contribution in [3.05, 3.63) is 278 Å². The molecule has 2 heterocycles. The van der Waals surface area contributed by atoms with Crippen molar-refractivity contribution in [2.45, 2.75) is 19.4 Å². The highest BCUT2D eigenvalue weighted by atomic mass is 16.5. The van der Waals surface area contributed by atoms with Crippen LogP contribution in [0, 0.1) is 6.92 Å². The Kier molecular flexibility index (Phi) is 10.8. The number of para-hydroxylation sites is 3. The van der Waals surface area contributed by atoms with Gasteiger partial charge in [-0.25, -0.2) is 0 Å². The van der Waals surface area contributed by atoms with Gasteiger partial charge >= 0.3 is 0 Å². The SMILES string of the molecule is Cc1c(N(c2ccccc2)c2ccc(-c3ccccc3)cc2)ccc2oc3ccc(N(C4=CCC5Oc6ccc(N(c7ccccc7)c7ccc(-c8ccccc8)cc7)cc6C5=C4)c4ccccc4)cc3c12. The van der Waals surface area contributed by atoms with Gasteiger partial charge in [-0.05, 0) is 150 Å². The molecule has 5 heteroatoms. The normalized spacial score (nSPS) is 13.7. The van der Waals surface area contributed by atoms with Gasteiger partial charge in [0.15, 0.2) is 0 Å². The van der Waals surface area contributed by atoms with Gasteiger partial charge in [-0.2, -0.15) is 0 Å². The Morgan fingerprint density at radius 2 is 0.861 bits per heavy atom. The minimum absolute atomic E-state index is 0.0876. The molecule has 2 aliphatic rings. The molecule has 0 amide bonds. The summed E-state index contributed by atoms with van der Waals surface area (Å²) in [7, 11) is 0. The predicted octanol–water partition coefficient (Wildman–Crippen LogP) is 18.4. The van der Waals surface area contributed by atoms with Crippen LogP contribution in [0.15, 0.2) is 271 Å². The second kappa shape index (κ2) is 18.2. The zero-order valence-corrected chi connectivity index (χ0v) is 39.8. The number of hydrogen-bond donors (Lipinski definition) is 0. The lowest BCUT2D eigenvalue weighted by atomic mass is 9.94. The fraction of sp³-hybridized carbons (Fsp3) is 0.0448. The lowest BCUT2D eigenvalue weighted by Gasteiger charge is -2.29. The Balaban J connectivity index is 0.887. The summed E-state index contributed by atoms with van der Waals surface area (Å²) in [6.07, 6.45) is 5.30. The zero-order chi connectivity index (χ0) is 48.0. The number of hydrogen-bond acceptors (Lipinski definition) is 5. The molecule has 72 heavy (non-hydrogen) atoms. The molecule has 344 valence electrons. The zero-order valence-electron chi connectivity index (χ0n) is 39.8. The van der Waals surface area contributed by atoms with Crippen LogP contribution in [0.3, 0.4) is 0 Å². The molecule has 0 N–H and O–H groups in total. The summed E-state index contributed by atoms with van der Waals surface area (Å²) in [5.74, 6) is 0.901. The first-order valence-electron chi connectivity index (χ1n) is 24.7. The van der Waals surface area contributed by atoms with Gasteiger partial charge in [-0.1, -0.05) is 146 Å². The lowest BCUT2D eigenvalue weighted by Crippen LogP contribution is -2.21. The van der Waals surface area contributed by atoms with Gasteiger partial charge in [0.1, 0.15) is 23.0 Å². The van der Waals surface area contributed by atoms with E-state index in [1.54, 1.807) is 0 Å². The van der Waals surface area contributed by atoms with E-state index in [-0.39, 0.29) is 6.10 Å². The fourth-order valence-corrected chi connectivity index (χ4v) is 10.6. The summed E-state index contributed by atoms with van der Waals surface area (Å²) in [6, 6.07) is 88.2. The first kappa shape index (κ1) is 42.8. The third-order valence-electron chi connectivity index (χ3n) is 14.1. The summed E-state index contributed by atoms with van der Waals surface area (Å²) in [5.41, 5.74) is 19.6. The summed E-state index contributed by atoms with van der Waals surface area (Å²) in [5, 5.41) is 2.16. The van der Waals surface area contributed by atoms with Crippen LogP contribution in [0.2, 0.25) is 0 Å². The molecule has 1 unspecified atom stereocenters. The van der Waals surface area contributed by atoms with Crippen molar-refractivity contribution in [2.75, 3.05) is 14.7 Å². The minimum Gasteiger partial charge on any atom is -0.485 e. The van der Waals surface area contributed by atoms with Crippen molar-refractivity contribution in [1.29, 1.82) is 0 Å². The van der Waals surface area contributed by atoms with E-state index in [9.17, 15) is 0 Å². The van der Waals surface area contributed by atoms with E-state index < -0.39 is 0 Å². The Bertz CT molecular complexity index is 3790. The highest BCUT2D eigenvalue weighted by Gasteiger charge is 2.33. The molecule has 0 spiro atoms. The number of benzene rings is 10. The fourth-order valence-electron chi connectivity index (χ4n) is 10.6. The van der Waals surface area contributed by atoms with Gasteiger partial charge in [0, 0.05) is 79.5 Å². The number of nitrogens with zero attached hydrogens (tertiary/aromatic N) is 3. The lowest BCUT2D eigenvalue weighted by molar-refractivity contribution is 0.278. The third-order valence-corrected chi connectivity index (χ3v) is 14.1. The van der Waals surface area contributed by atoms with Gasteiger partial charge in [0.25, 0.3) is 0 Å². The number of allylic oxidation sites excluding steroid dienone is 1. The van der Waals surface area contributed by atoms with Crippen molar-refractivity contribution in [1.82, 2.24) is 0 Å². The highest BCUT2D eigenvalue weighted by molar-refractivity contribution is 6.10. The molecule has 1 atom stereocenters. The quantitative estimate of drug-likeness (QED) is 0.129. The average Bonchev–Trinajstić information content (AvgIpc) is 4.01. The molecular formula is C67H49N3O2. The van der Waals surface area contributed by atoms with Crippen LogP contribution in [0.25, 0.3) is 49.8 Å². The maximum atomic E-state index is 6.72.